The molecule has 0 bridgehead atoms. The number of nitrogens with one attached hydrogen (secondary N) is 1. The number of rotatable bonds is 6. The Hall–Kier alpha value is -0.860. The maximum Gasteiger partial charge on any atom is 0.0292 e. The van der Waals surface area contributed by atoms with Gasteiger partial charge in [-0.3, -0.25) is 0 Å². The Bertz CT molecular complexity index is 371. The molecule has 1 aliphatic heterocycles. The van der Waals surface area contributed by atoms with Gasteiger partial charge in [0, 0.05) is 18.6 Å². The van der Waals surface area contributed by atoms with Gasteiger partial charge in [-0.2, -0.15) is 0 Å². The molecule has 1 fully saturated rings. The Morgan fingerprint density at radius 1 is 1.32 bits per heavy atom. The summed E-state index contributed by atoms with van der Waals surface area (Å²) in [7, 11) is 2.24. The van der Waals surface area contributed by atoms with E-state index in [0.717, 1.165) is 12.6 Å². The smallest absolute Gasteiger partial charge is 0.0292 e. The van der Waals surface area contributed by atoms with Gasteiger partial charge in [0.25, 0.3) is 0 Å². The van der Waals surface area contributed by atoms with E-state index in [9.17, 15) is 0 Å². The van der Waals surface area contributed by atoms with Gasteiger partial charge in [0.15, 0.2) is 0 Å². The van der Waals surface area contributed by atoms with Crippen molar-refractivity contribution in [2.45, 2.75) is 51.6 Å². The zero-order valence-corrected chi connectivity index (χ0v) is 12.7. The molecule has 2 heteroatoms. The van der Waals surface area contributed by atoms with Crippen LogP contribution in [0.4, 0.5) is 0 Å². The fourth-order valence-corrected chi connectivity index (χ4v) is 2.93. The van der Waals surface area contributed by atoms with Crippen LogP contribution in [0.1, 0.15) is 50.3 Å². The minimum Gasteiger partial charge on any atom is -0.309 e. The molecule has 0 radical (unpaired) electrons. The van der Waals surface area contributed by atoms with E-state index in [-0.39, 0.29) is 0 Å². The monoisotopic (exact) mass is 260 g/mol. The van der Waals surface area contributed by atoms with E-state index < -0.39 is 0 Å². The van der Waals surface area contributed by atoms with Crippen LogP contribution in [-0.2, 0) is 6.42 Å². The molecule has 0 saturated carbocycles. The number of nitrogens with zero attached hydrogens (tertiary/aromatic N) is 1. The van der Waals surface area contributed by atoms with Crippen LogP contribution in [0.3, 0.4) is 0 Å². The van der Waals surface area contributed by atoms with Crippen molar-refractivity contribution in [1.29, 1.82) is 0 Å². The molecule has 2 unspecified atom stereocenters. The van der Waals surface area contributed by atoms with E-state index in [1.165, 1.54) is 43.4 Å². The van der Waals surface area contributed by atoms with Crippen molar-refractivity contribution < 1.29 is 0 Å². The summed E-state index contributed by atoms with van der Waals surface area (Å²) in [6.07, 6.45) is 5.10. The first-order chi connectivity index (χ1) is 9.20. The first-order valence-electron chi connectivity index (χ1n) is 7.73. The summed E-state index contributed by atoms with van der Waals surface area (Å²) in [5.74, 6) is 0. The second-order valence-corrected chi connectivity index (χ2v) is 5.90. The van der Waals surface area contributed by atoms with Crippen molar-refractivity contribution in [2.75, 3.05) is 20.1 Å². The highest BCUT2D eigenvalue weighted by Gasteiger charge is 2.20. The summed E-state index contributed by atoms with van der Waals surface area (Å²) in [5.41, 5.74) is 2.86. The topological polar surface area (TPSA) is 15.3 Å². The van der Waals surface area contributed by atoms with Crippen LogP contribution in [0.25, 0.3) is 0 Å². The highest BCUT2D eigenvalue weighted by Crippen LogP contribution is 2.17. The average Bonchev–Trinajstić information content (AvgIpc) is 2.83. The fourth-order valence-electron chi connectivity index (χ4n) is 2.93. The normalized spacial score (nSPS) is 21.7. The minimum atomic E-state index is 0.449. The van der Waals surface area contributed by atoms with E-state index in [2.05, 4.69) is 55.4 Å². The number of likely N-dealkylation sites (N-methyl/N-ethyl adjacent to an activating group) is 1. The molecule has 19 heavy (non-hydrogen) atoms. The van der Waals surface area contributed by atoms with E-state index in [1.54, 1.807) is 0 Å². The molecule has 0 aliphatic carbocycles. The van der Waals surface area contributed by atoms with Crippen LogP contribution < -0.4 is 5.32 Å². The van der Waals surface area contributed by atoms with E-state index in [1.807, 2.05) is 0 Å². The minimum absolute atomic E-state index is 0.449. The molecule has 1 saturated heterocycles. The Morgan fingerprint density at radius 3 is 2.63 bits per heavy atom. The van der Waals surface area contributed by atoms with Crippen LogP contribution >= 0.6 is 0 Å². The fraction of sp³-hybridized carbons (Fsp3) is 0.647. The average molecular weight is 260 g/mol. The largest absolute Gasteiger partial charge is 0.309 e. The lowest BCUT2D eigenvalue weighted by atomic mass is 10.0. The summed E-state index contributed by atoms with van der Waals surface area (Å²) >= 11 is 0. The SMILES string of the molecule is CCCc1ccc(C(C)NCC2CCCN2C)cc1. The highest BCUT2D eigenvalue weighted by atomic mass is 15.2. The molecular formula is C17H28N2. The highest BCUT2D eigenvalue weighted by molar-refractivity contribution is 5.24. The van der Waals surface area contributed by atoms with Crippen LogP contribution in [0.2, 0.25) is 0 Å². The number of aryl methyl sites for hydroxylation is 1. The summed E-state index contributed by atoms with van der Waals surface area (Å²) in [4.78, 5) is 2.48. The van der Waals surface area contributed by atoms with Gasteiger partial charge >= 0.3 is 0 Å². The van der Waals surface area contributed by atoms with Gasteiger partial charge in [0.05, 0.1) is 0 Å². The third-order valence-corrected chi connectivity index (χ3v) is 4.35. The van der Waals surface area contributed by atoms with Gasteiger partial charge < -0.3 is 10.2 Å². The van der Waals surface area contributed by atoms with Crippen LogP contribution in [0.15, 0.2) is 24.3 Å². The molecule has 1 aromatic rings. The second-order valence-electron chi connectivity index (χ2n) is 5.90. The summed E-state index contributed by atoms with van der Waals surface area (Å²) in [5, 5.41) is 3.68. The van der Waals surface area contributed by atoms with Gasteiger partial charge in [0.2, 0.25) is 0 Å². The van der Waals surface area contributed by atoms with Gasteiger partial charge in [-0.1, -0.05) is 37.6 Å². The summed E-state index contributed by atoms with van der Waals surface area (Å²) in [6.45, 7) is 6.86. The molecule has 1 aromatic carbocycles. The zero-order chi connectivity index (χ0) is 13.7. The second kappa shape index (κ2) is 7.06. The van der Waals surface area contributed by atoms with Gasteiger partial charge in [-0.05, 0) is 50.9 Å². The quantitative estimate of drug-likeness (QED) is 0.843. The predicted molar refractivity (Wildman–Crippen MR) is 82.5 cm³/mol. The van der Waals surface area contributed by atoms with Gasteiger partial charge in [0.1, 0.15) is 0 Å². The molecular weight excluding hydrogens is 232 g/mol. The van der Waals surface area contributed by atoms with Gasteiger partial charge in [-0.15, -0.1) is 0 Å². The van der Waals surface area contributed by atoms with E-state index >= 15 is 0 Å². The zero-order valence-electron chi connectivity index (χ0n) is 12.7. The molecule has 0 spiro atoms. The Kier molecular flexibility index (Phi) is 5.41. The van der Waals surface area contributed by atoms with Crippen molar-refractivity contribution >= 4 is 0 Å². The maximum absolute atomic E-state index is 3.68. The Labute approximate surface area is 118 Å². The number of hydrogen-bond donors (Lipinski definition) is 1. The van der Waals surface area contributed by atoms with E-state index in [0.29, 0.717) is 6.04 Å². The number of hydrogen-bond acceptors (Lipinski definition) is 2. The lowest BCUT2D eigenvalue weighted by molar-refractivity contribution is 0.293. The molecule has 1 N–H and O–H groups in total. The number of likely N-dealkylation sites (tertiary alicyclic amines) is 1. The molecule has 1 aliphatic rings. The molecule has 0 amide bonds. The first kappa shape index (κ1) is 14.5. The van der Waals surface area contributed by atoms with Gasteiger partial charge in [-0.25, -0.2) is 0 Å². The van der Waals surface area contributed by atoms with E-state index in [4.69, 9.17) is 0 Å². The lowest BCUT2D eigenvalue weighted by Crippen LogP contribution is -2.36. The van der Waals surface area contributed by atoms with Crippen molar-refractivity contribution in [2.24, 2.45) is 0 Å². The molecule has 1 heterocycles. The number of benzene rings is 1. The molecule has 2 rings (SSSR count). The summed E-state index contributed by atoms with van der Waals surface area (Å²) < 4.78 is 0. The van der Waals surface area contributed by atoms with Crippen molar-refractivity contribution in [3.8, 4) is 0 Å². The maximum atomic E-state index is 3.68. The van der Waals surface area contributed by atoms with Crippen LogP contribution in [0.5, 0.6) is 0 Å². The molecule has 2 atom stereocenters. The Morgan fingerprint density at radius 2 is 2.05 bits per heavy atom. The third-order valence-electron chi connectivity index (χ3n) is 4.35. The summed E-state index contributed by atoms with van der Waals surface area (Å²) in [6, 6.07) is 10.3. The molecule has 106 valence electrons. The Balaban J connectivity index is 1.83. The standard InChI is InChI=1S/C17H28N2/c1-4-6-15-8-10-16(11-9-15)14(2)18-13-17-7-5-12-19(17)3/h8-11,14,17-18H,4-7,12-13H2,1-3H3. The van der Waals surface area contributed by atoms with Crippen molar-refractivity contribution in [3.63, 3.8) is 0 Å². The predicted octanol–water partition coefficient (Wildman–Crippen LogP) is 3.38. The third kappa shape index (κ3) is 4.05. The molecule has 2 nitrogen and oxygen atoms in total. The van der Waals surface area contributed by atoms with Crippen molar-refractivity contribution in [3.05, 3.63) is 35.4 Å². The van der Waals surface area contributed by atoms with Crippen molar-refractivity contribution in [1.82, 2.24) is 10.2 Å². The van der Waals surface area contributed by atoms with Crippen LogP contribution in [0, 0.1) is 0 Å². The first-order valence-corrected chi connectivity index (χ1v) is 7.73. The van der Waals surface area contributed by atoms with Crippen LogP contribution in [-0.4, -0.2) is 31.1 Å². The lowest BCUT2D eigenvalue weighted by Gasteiger charge is -2.23. The molecule has 0 aromatic heterocycles.